The second-order valence-electron chi connectivity index (χ2n) is 5.01. The monoisotopic (exact) mass is 271 g/mol. The fourth-order valence-corrected chi connectivity index (χ4v) is 2.46. The van der Waals surface area contributed by atoms with Crippen LogP contribution >= 0.6 is 11.6 Å². The summed E-state index contributed by atoms with van der Waals surface area (Å²) in [5.74, 6) is 1.09. The highest BCUT2D eigenvalue weighted by Gasteiger charge is 2.19. The first-order valence-corrected chi connectivity index (χ1v) is 6.76. The van der Waals surface area contributed by atoms with E-state index >= 15 is 0 Å². The summed E-state index contributed by atoms with van der Waals surface area (Å²) < 4.78 is 1.54. The normalized spacial score (nSPS) is 13.0. The van der Waals surface area contributed by atoms with E-state index in [1.165, 1.54) is 10.9 Å². The Morgan fingerprint density at radius 3 is 2.61 bits per heavy atom. The van der Waals surface area contributed by atoms with E-state index in [2.05, 4.69) is 18.9 Å². The molecule has 2 N–H and O–H groups in total. The fourth-order valence-electron chi connectivity index (χ4n) is 2.18. The van der Waals surface area contributed by atoms with Gasteiger partial charge in [-0.1, -0.05) is 25.4 Å². The molecule has 0 aliphatic rings. The van der Waals surface area contributed by atoms with Crippen LogP contribution in [0.25, 0.3) is 0 Å². The van der Waals surface area contributed by atoms with Crippen molar-refractivity contribution in [1.29, 1.82) is 0 Å². The molecular weight excluding hydrogens is 250 g/mol. The van der Waals surface area contributed by atoms with Gasteiger partial charge in [0.05, 0.1) is 11.2 Å². The number of hydrogen-bond acceptors (Lipinski definition) is 3. The lowest BCUT2D eigenvalue weighted by atomic mass is 9.87. The number of nitrogens with two attached hydrogens (primary N) is 1. The summed E-state index contributed by atoms with van der Waals surface area (Å²) in [5, 5.41) is 4.41. The Balaban J connectivity index is 2.60. The minimum absolute atomic E-state index is 0.0580. The lowest BCUT2D eigenvalue weighted by Crippen LogP contribution is -2.16. The Bertz CT molecular complexity index is 381. The molecule has 4 nitrogen and oxygen atoms in total. The molecule has 0 saturated heterocycles. The number of aryl methyl sites for hydroxylation is 1. The molecule has 1 rings (SSSR count). The zero-order chi connectivity index (χ0) is 13.7. The average molecular weight is 272 g/mol. The molecule has 0 spiro atoms. The van der Waals surface area contributed by atoms with Crippen molar-refractivity contribution in [2.75, 3.05) is 6.54 Å². The molecule has 0 aliphatic heterocycles. The van der Waals surface area contributed by atoms with Gasteiger partial charge < -0.3 is 5.73 Å². The smallest absolute Gasteiger partial charge is 0.182 e. The molecule has 0 amide bonds. The quantitative estimate of drug-likeness (QED) is 0.776. The summed E-state index contributed by atoms with van der Waals surface area (Å²) >= 11 is 5.95. The van der Waals surface area contributed by atoms with E-state index in [1.807, 2.05) is 0 Å². The van der Waals surface area contributed by atoms with Gasteiger partial charge in [-0.05, 0) is 31.2 Å². The third-order valence-electron chi connectivity index (χ3n) is 3.38. The van der Waals surface area contributed by atoms with Gasteiger partial charge in [-0.15, -0.1) is 0 Å². The SMILES string of the molecule is CC(C)C(CCN)CCC(=O)c1c(Cl)cnn1C. The standard InChI is InChI=1S/C13H22ClN3O/c1-9(2)10(6-7-15)4-5-12(18)13-11(14)8-16-17(13)3/h8-10H,4-7,15H2,1-3H3. The van der Waals surface area contributed by atoms with Crippen molar-refractivity contribution < 1.29 is 4.79 Å². The molecule has 0 aliphatic carbocycles. The van der Waals surface area contributed by atoms with E-state index in [-0.39, 0.29) is 5.78 Å². The van der Waals surface area contributed by atoms with Crippen LogP contribution in [0.15, 0.2) is 6.20 Å². The van der Waals surface area contributed by atoms with E-state index in [1.54, 1.807) is 7.05 Å². The van der Waals surface area contributed by atoms with Crippen LogP contribution in [-0.2, 0) is 7.05 Å². The molecule has 0 fully saturated rings. The third kappa shape index (κ3) is 3.82. The number of Topliss-reactive ketones (excluding diaryl/α,β-unsaturated/α-hetero) is 1. The molecular formula is C13H22ClN3O. The van der Waals surface area contributed by atoms with Crippen LogP contribution in [0.3, 0.4) is 0 Å². The van der Waals surface area contributed by atoms with Crippen molar-refractivity contribution >= 4 is 17.4 Å². The lowest BCUT2D eigenvalue weighted by Gasteiger charge is -2.19. The Morgan fingerprint density at radius 1 is 1.50 bits per heavy atom. The molecule has 0 bridgehead atoms. The fraction of sp³-hybridized carbons (Fsp3) is 0.692. The number of aromatic nitrogens is 2. The van der Waals surface area contributed by atoms with Crippen molar-refractivity contribution in [2.24, 2.45) is 24.6 Å². The van der Waals surface area contributed by atoms with Crippen LogP contribution in [0.5, 0.6) is 0 Å². The van der Waals surface area contributed by atoms with Gasteiger partial charge in [0.25, 0.3) is 0 Å². The highest BCUT2D eigenvalue weighted by atomic mass is 35.5. The number of carbonyl (C=O) groups is 1. The number of carbonyl (C=O) groups excluding carboxylic acids is 1. The van der Waals surface area contributed by atoms with Gasteiger partial charge in [0, 0.05) is 13.5 Å². The van der Waals surface area contributed by atoms with E-state index in [0.29, 0.717) is 35.5 Å². The first-order chi connectivity index (χ1) is 8.47. The summed E-state index contributed by atoms with van der Waals surface area (Å²) in [5.41, 5.74) is 6.10. The minimum Gasteiger partial charge on any atom is -0.330 e. The van der Waals surface area contributed by atoms with E-state index in [0.717, 1.165) is 12.8 Å². The number of rotatable bonds is 7. The maximum Gasteiger partial charge on any atom is 0.182 e. The van der Waals surface area contributed by atoms with Crippen LogP contribution in [-0.4, -0.2) is 22.1 Å². The number of nitrogens with zero attached hydrogens (tertiary/aromatic N) is 2. The zero-order valence-corrected chi connectivity index (χ0v) is 12.1. The molecule has 5 heteroatoms. The molecule has 102 valence electrons. The van der Waals surface area contributed by atoms with Gasteiger partial charge in [0.2, 0.25) is 0 Å². The molecule has 1 aromatic heterocycles. The van der Waals surface area contributed by atoms with Gasteiger partial charge >= 0.3 is 0 Å². The van der Waals surface area contributed by atoms with Crippen molar-refractivity contribution in [3.8, 4) is 0 Å². The van der Waals surface area contributed by atoms with Gasteiger partial charge in [-0.2, -0.15) is 5.10 Å². The Hall–Kier alpha value is -0.870. The van der Waals surface area contributed by atoms with Crippen molar-refractivity contribution in [3.05, 3.63) is 16.9 Å². The van der Waals surface area contributed by atoms with Crippen molar-refractivity contribution in [2.45, 2.75) is 33.1 Å². The van der Waals surface area contributed by atoms with Crippen LogP contribution < -0.4 is 5.73 Å². The predicted octanol–water partition coefficient (Wildman–Crippen LogP) is 2.66. The van der Waals surface area contributed by atoms with Crippen molar-refractivity contribution in [1.82, 2.24) is 9.78 Å². The topological polar surface area (TPSA) is 60.9 Å². The third-order valence-corrected chi connectivity index (χ3v) is 3.66. The summed E-state index contributed by atoms with van der Waals surface area (Å²) in [6, 6.07) is 0. The molecule has 0 saturated carbocycles. The summed E-state index contributed by atoms with van der Waals surface area (Å²) in [4.78, 5) is 12.1. The van der Waals surface area contributed by atoms with Gasteiger partial charge in [0.15, 0.2) is 5.78 Å². The second-order valence-corrected chi connectivity index (χ2v) is 5.42. The first-order valence-electron chi connectivity index (χ1n) is 6.38. The van der Waals surface area contributed by atoms with Crippen LogP contribution in [0.2, 0.25) is 5.02 Å². The Kier molecular flexibility index (Phi) is 5.82. The minimum atomic E-state index is 0.0580. The largest absolute Gasteiger partial charge is 0.330 e. The van der Waals surface area contributed by atoms with Gasteiger partial charge in [0.1, 0.15) is 5.69 Å². The molecule has 0 radical (unpaired) electrons. The molecule has 1 atom stereocenters. The molecule has 0 aromatic carbocycles. The number of hydrogen-bond donors (Lipinski definition) is 1. The van der Waals surface area contributed by atoms with E-state index in [4.69, 9.17) is 17.3 Å². The van der Waals surface area contributed by atoms with Gasteiger partial charge in [-0.3, -0.25) is 9.48 Å². The Labute approximate surface area is 113 Å². The second kappa shape index (κ2) is 6.90. The Morgan fingerprint density at radius 2 is 2.17 bits per heavy atom. The average Bonchev–Trinajstić information content (AvgIpc) is 2.63. The highest BCUT2D eigenvalue weighted by Crippen LogP contribution is 2.23. The van der Waals surface area contributed by atoms with Crippen LogP contribution in [0, 0.1) is 11.8 Å². The zero-order valence-electron chi connectivity index (χ0n) is 11.3. The molecule has 1 aromatic rings. The maximum absolute atomic E-state index is 12.1. The van der Waals surface area contributed by atoms with Gasteiger partial charge in [-0.25, -0.2) is 0 Å². The molecule has 1 heterocycles. The van der Waals surface area contributed by atoms with Crippen molar-refractivity contribution in [3.63, 3.8) is 0 Å². The lowest BCUT2D eigenvalue weighted by molar-refractivity contribution is 0.0960. The number of halogens is 1. The van der Waals surface area contributed by atoms with E-state index < -0.39 is 0 Å². The molecule has 18 heavy (non-hydrogen) atoms. The number of ketones is 1. The van der Waals surface area contributed by atoms with Crippen LogP contribution in [0.1, 0.15) is 43.6 Å². The van der Waals surface area contributed by atoms with Crippen LogP contribution in [0.4, 0.5) is 0 Å². The molecule has 1 unspecified atom stereocenters. The first kappa shape index (κ1) is 15.2. The van der Waals surface area contributed by atoms with E-state index in [9.17, 15) is 4.79 Å². The summed E-state index contributed by atoms with van der Waals surface area (Å²) in [6.45, 7) is 5.01. The maximum atomic E-state index is 12.1. The summed E-state index contributed by atoms with van der Waals surface area (Å²) in [7, 11) is 1.74. The predicted molar refractivity (Wildman–Crippen MR) is 73.8 cm³/mol. The highest BCUT2D eigenvalue weighted by molar-refractivity contribution is 6.33. The summed E-state index contributed by atoms with van der Waals surface area (Å²) in [6.07, 6.45) is 3.83.